The summed E-state index contributed by atoms with van der Waals surface area (Å²) in [6, 6.07) is 0. The summed E-state index contributed by atoms with van der Waals surface area (Å²) in [4.78, 5) is 4.39. The molecule has 2 N–H and O–H groups in total. The van der Waals surface area contributed by atoms with Crippen LogP contribution in [-0.2, 0) is 11.2 Å². The SMILES string of the molecule is CCOC(C)c1noc(CC2(CN)CCC2)n1. The maximum absolute atomic E-state index is 5.82. The fraction of sp³-hybridized carbons (Fsp3) is 0.833. The molecule has 1 aliphatic rings. The first-order valence-electron chi connectivity index (χ1n) is 6.33. The van der Waals surface area contributed by atoms with Gasteiger partial charge in [-0.15, -0.1) is 0 Å². The van der Waals surface area contributed by atoms with Gasteiger partial charge in [-0.25, -0.2) is 0 Å². The standard InChI is InChI=1S/C12H21N3O2/c1-3-16-9(2)11-14-10(17-15-11)7-12(8-13)5-4-6-12/h9H,3-8,13H2,1-2H3. The van der Waals surface area contributed by atoms with Gasteiger partial charge in [0, 0.05) is 13.0 Å². The molecule has 5 heteroatoms. The molecule has 0 saturated heterocycles. The molecule has 1 aromatic rings. The average Bonchev–Trinajstić information content (AvgIpc) is 2.72. The fourth-order valence-corrected chi connectivity index (χ4v) is 2.28. The van der Waals surface area contributed by atoms with E-state index in [-0.39, 0.29) is 11.5 Å². The first kappa shape index (κ1) is 12.5. The van der Waals surface area contributed by atoms with Gasteiger partial charge in [0.25, 0.3) is 0 Å². The Morgan fingerprint density at radius 3 is 2.82 bits per heavy atom. The van der Waals surface area contributed by atoms with E-state index in [4.69, 9.17) is 15.0 Å². The normalized spacial score (nSPS) is 19.9. The van der Waals surface area contributed by atoms with Gasteiger partial charge in [-0.1, -0.05) is 11.6 Å². The van der Waals surface area contributed by atoms with Crippen LogP contribution in [0.1, 0.15) is 50.9 Å². The summed E-state index contributed by atoms with van der Waals surface area (Å²) in [6.07, 6.45) is 4.29. The van der Waals surface area contributed by atoms with E-state index in [0.29, 0.717) is 24.9 Å². The Balaban J connectivity index is 1.98. The number of nitrogens with zero attached hydrogens (tertiary/aromatic N) is 2. The van der Waals surface area contributed by atoms with Crippen molar-refractivity contribution in [3.05, 3.63) is 11.7 Å². The van der Waals surface area contributed by atoms with Gasteiger partial charge >= 0.3 is 0 Å². The van der Waals surface area contributed by atoms with Crippen LogP contribution < -0.4 is 5.73 Å². The molecule has 1 aromatic heterocycles. The van der Waals surface area contributed by atoms with Crippen LogP contribution in [-0.4, -0.2) is 23.3 Å². The number of hydrogen-bond acceptors (Lipinski definition) is 5. The Hall–Kier alpha value is -0.940. The maximum atomic E-state index is 5.82. The highest BCUT2D eigenvalue weighted by molar-refractivity contribution is 4.98. The highest BCUT2D eigenvalue weighted by atomic mass is 16.5. The molecule has 1 fully saturated rings. The highest BCUT2D eigenvalue weighted by Gasteiger charge is 2.37. The molecule has 1 heterocycles. The van der Waals surface area contributed by atoms with Gasteiger partial charge < -0.3 is 15.0 Å². The number of ether oxygens (including phenoxy) is 1. The molecule has 5 nitrogen and oxygen atoms in total. The van der Waals surface area contributed by atoms with Crippen molar-refractivity contribution in [1.82, 2.24) is 10.1 Å². The summed E-state index contributed by atoms with van der Waals surface area (Å²) in [6.45, 7) is 5.24. The van der Waals surface area contributed by atoms with Gasteiger partial charge in [0.15, 0.2) is 5.82 Å². The molecule has 1 saturated carbocycles. The van der Waals surface area contributed by atoms with Crippen LogP contribution in [0.15, 0.2) is 4.52 Å². The van der Waals surface area contributed by atoms with Gasteiger partial charge in [-0.3, -0.25) is 0 Å². The molecule has 0 radical (unpaired) electrons. The molecular weight excluding hydrogens is 218 g/mol. The Kier molecular flexibility index (Phi) is 3.79. The summed E-state index contributed by atoms with van der Waals surface area (Å²) in [5.41, 5.74) is 6.02. The van der Waals surface area contributed by atoms with Crippen LogP contribution in [0, 0.1) is 5.41 Å². The zero-order valence-corrected chi connectivity index (χ0v) is 10.6. The van der Waals surface area contributed by atoms with Crippen molar-refractivity contribution in [2.75, 3.05) is 13.2 Å². The van der Waals surface area contributed by atoms with Crippen molar-refractivity contribution < 1.29 is 9.26 Å². The second-order valence-electron chi connectivity index (χ2n) is 4.88. The number of rotatable bonds is 6. The van der Waals surface area contributed by atoms with Crippen molar-refractivity contribution in [2.24, 2.45) is 11.1 Å². The Labute approximate surface area is 102 Å². The molecule has 0 spiro atoms. The van der Waals surface area contributed by atoms with E-state index in [1.54, 1.807) is 0 Å². The van der Waals surface area contributed by atoms with Crippen molar-refractivity contribution in [3.63, 3.8) is 0 Å². The van der Waals surface area contributed by atoms with Crippen LogP contribution in [0.5, 0.6) is 0 Å². The Bertz CT molecular complexity index is 355. The minimum Gasteiger partial charge on any atom is -0.371 e. The minimum absolute atomic E-state index is 0.104. The summed E-state index contributed by atoms with van der Waals surface area (Å²) >= 11 is 0. The third-order valence-corrected chi connectivity index (χ3v) is 3.64. The largest absolute Gasteiger partial charge is 0.371 e. The molecule has 0 aromatic carbocycles. The summed E-state index contributed by atoms with van der Waals surface area (Å²) in [7, 11) is 0. The summed E-state index contributed by atoms with van der Waals surface area (Å²) in [5, 5.41) is 3.96. The van der Waals surface area contributed by atoms with Crippen LogP contribution in [0.25, 0.3) is 0 Å². The predicted octanol–water partition coefficient (Wildman–Crippen LogP) is 1.84. The zero-order valence-electron chi connectivity index (χ0n) is 10.6. The van der Waals surface area contributed by atoms with Gasteiger partial charge in [0.2, 0.25) is 5.89 Å². The molecule has 2 rings (SSSR count). The van der Waals surface area contributed by atoms with Crippen molar-refractivity contribution in [1.29, 1.82) is 0 Å². The lowest BCUT2D eigenvalue weighted by Crippen LogP contribution is -2.39. The predicted molar refractivity (Wildman–Crippen MR) is 63.4 cm³/mol. The molecule has 1 unspecified atom stereocenters. The zero-order chi connectivity index (χ0) is 12.3. The lowest BCUT2D eigenvalue weighted by molar-refractivity contribution is 0.0683. The van der Waals surface area contributed by atoms with Crippen molar-refractivity contribution in [3.8, 4) is 0 Å². The molecular formula is C12H21N3O2. The van der Waals surface area contributed by atoms with E-state index in [2.05, 4.69) is 10.1 Å². The third-order valence-electron chi connectivity index (χ3n) is 3.64. The number of aromatic nitrogens is 2. The first-order valence-corrected chi connectivity index (χ1v) is 6.33. The van der Waals surface area contributed by atoms with E-state index < -0.39 is 0 Å². The van der Waals surface area contributed by atoms with Crippen molar-refractivity contribution in [2.45, 2.75) is 45.6 Å². The first-order chi connectivity index (χ1) is 8.19. The van der Waals surface area contributed by atoms with E-state index in [9.17, 15) is 0 Å². The quantitative estimate of drug-likeness (QED) is 0.819. The molecule has 96 valence electrons. The van der Waals surface area contributed by atoms with E-state index in [1.165, 1.54) is 19.3 Å². The third kappa shape index (κ3) is 2.66. The van der Waals surface area contributed by atoms with Gasteiger partial charge in [0.05, 0.1) is 0 Å². The summed E-state index contributed by atoms with van der Waals surface area (Å²) < 4.78 is 10.7. The molecule has 1 atom stereocenters. The molecule has 17 heavy (non-hydrogen) atoms. The Morgan fingerprint density at radius 1 is 1.53 bits per heavy atom. The monoisotopic (exact) mass is 239 g/mol. The topological polar surface area (TPSA) is 74.2 Å². The number of hydrogen-bond donors (Lipinski definition) is 1. The van der Waals surface area contributed by atoms with E-state index in [1.807, 2.05) is 13.8 Å². The molecule has 0 bridgehead atoms. The fourth-order valence-electron chi connectivity index (χ4n) is 2.28. The molecule has 0 aliphatic heterocycles. The van der Waals surface area contributed by atoms with E-state index in [0.717, 1.165) is 6.42 Å². The second kappa shape index (κ2) is 5.14. The maximum Gasteiger partial charge on any atom is 0.227 e. The van der Waals surface area contributed by atoms with E-state index >= 15 is 0 Å². The van der Waals surface area contributed by atoms with Gasteiger partial charge in [-0.2, -0.15) is 4.98 Å². The molecule has 0 amide bonds. The van der Waals surface area contributed by atoms with Crippen LogP contribution in [0.2, 0.25) is 0 Å². The highest BCUT2D eigenvalue weighted by Crippen LogP contribution is 2.42. The van der Waals surface area contributed by atoms with Crippen LogP contribution >= 0.6 is 0 Å². The Morgan fingerprint density at radius 2 is 2.29 bits per heavy atom. The van der Waals surface area contributed by atoms with Gasteiger partial charge in [0.1, 0.15) is 6.10 Å². The van der Waals surface area contributed by atoms with Crippen LogP contribution in [0.3, 0.4) is 0 Å². The lowest BCUT2D eigenvalue weighted by Gasteiger charge is -2.39. The summed E-state index contributed by atoms with van der Waals surface area (Å²) in [5.74, 6) is 1.32. The lowest BCUT2D eigenvalue weighted by atomic mass is 9.67. The number of nitrogens with two attached hydrogens (primary N) is 1. The molecule has 1 aliphatic carbocycles. The van der Waals surface area contributed by atoms with Crippen molar-refractivity contribution >= 4 is 0 Å². The second-order valence-corrected chi connectivity index (χ2v) is 4.88. The minimum atomic E-state index is -0.104. The average molecular weight is 239 g/mol. The van der Waals surface area contributed by atoms with Crippen LogP contribution in [0.4, 0.5) is 0 Å². The smallest absolute Gasteiger partial charge is 0.227 e. The van der Waals surface area contributed by atoms with Gasteiger partial charge in [-0.05, 0) is 38.6 Å².